The minimum atomic E-state index is -2.59. The molecule has 6 heteroatoms. The summed E-state index contributed by atoms with van der Waals surface area (Å²) in [5.41, 5.74) is 1.92. The molecule has 0 unspecified atom stereocenters. The topological polar surface area (TPSA) is 29.5 Å². The number of benzene rings is 1. The summed E-state index contributed by atoms with van der Waals surface area (Å²) in [5, 5.41) is 0. The van der Waals surface area contributed by atoms with E-state index in [9.17, 15) is 13.6 Å². The number of nitrogens with zero attached hydrogens (tertiary/aromatic N) is 1. The molecule has 0 aliphatic carbocycles. The number of hydrogen-bond acceptors (Lipinski definition) is 2. The summed E-state index contributed by atoms with van der Waals surface area (Å²) in [6, 6.07) is 5.20. The van der Waals surface area contributed by atoms with Gasteiger partial charge in [0.1, 0.15) is 12.4 Å². The smallest absolute Gasteiger partial charge is 0.256 e. The van der Waals surface area contributed by atoms with Crippen LogP contribution in [0.2, 0.25) is 0 Å². The first kappa shape index (κ1) is 19.8. The quantitative estimate of drug-likeness (QED) is 0.569. The fourth-order valence-corrected chi connectivity index (χ4v) is 2.33. The van der Waals surface area contributed by atoms with Gasteiger partial charge in [0.15, 0.2) is 0 Å². The number of allylic oxidation sites excluding steroid dienone is 1. The number of aryl methyl sites for hydroxylation is 1. The van der Waals surface area contributed by atoms with E-state index in [1.54, 1.807) is 18.2 Å². The van der Waals surface area contributed by atoms with E-state index >= 15 is 0 Å². The minimum Gasteiger partial charge on any atom is -0.481 e. The number of carbonyl (C=O) groups excluding carboxylic acids is 1. The predicted octanol–water partition coefficient (Wildman–Crippen LogP) is 3.04. The number of alkyl halides is 2. The van der Waals surface area contributed by atoms with Crippen molar-refractivity contribution in [1.29, 1.82) is 0 Å². The van der Waals surface area contributed by atoms with Crippen LogP contribution in [0.15, 0.2) is 18.2 Å². The van der Waals surface area contributed by atoms with E-state index < -0.39 is 13.0 Å². The molecule has 23 heavy (non-hydrogen) atoms. The van der Waals surface area contributed by atoms with Crippen molar-refractivity contribution in [2.45, 2.75) is 26.2 Å². The van der Waals surface area contributed by atoms with Gasteiger partial charge in [0, 0.05) is 39.1 Å². The molecule has 1 aromatic rings. The van der Waals surface area contributed by atoms with Crippen molar-refractivity contribution in [2.75, 3.05) is 13.2 Å². The average molecular weight is 393 g/mol. The zero-order valence-electron chi connectivity index (χ0n) is 12.8. The van der Waals surface area contributed by atoms with Gasteiger partial charge < -0.3 is 9.64 Å². The molecular formula is C17H16F2NO2Y-. The Morgan fingerprint density at radius 3 is 2.83 bits per heavy atom. The van der Waals surface area contributed by atoms with Crippen molar-refractivity contribution in [3.63, 3.8) is 0 Å². The number of terminal acetylenes is 1. The molecule has 0 spiro atoms. The summed E-state index contributed by atoms with van der Waals surface area (Å²) >= 11 is 0. The molecule has 3 nitrogen and oxygen atoms in total. The monoisotopic (exact) mass is 393 g/mol. The van der Waals surface area contributed by atoms with Crippen molar-refractivity contribution in [3.8, 4) is 18.1 Å². The summed E-state index contributed by atoms with van der Waals surface area (Å²) < 4.78 is 30.7. The van der Waals surface area contributed by atoms with Crippen LogP contribution in [0.3, 0.4) is 0 Å². The minimum absolute atomic E-state index is 0. The van der Waals surface area contributed by atoms with Gasteiger partial charge in [0.25, 0.3) is 6.43 Å². The Hall–Kier alpha value is -1.25. The Kier molecular flexibility index (Phi) is 7.88. The number of halogens is 2. The molecule has 1 aliphatic rings. The van der Waals surface area contributed by atoms with E-state index in [1.807, 2.05) is 6.92 Å². The Morgan fingerprint density at radius 1 is 1.48 bits per heavy atom. The van der Waals surface area contributed by atoms with Crippen molar-refractivity contribution >= 4 is 11.6 Å². The second-order valence-corrected chi connectivity index (χ2v) is 4.89. The third kappa shape index (κ3) is 5.12. The molecule has 119 valence electrons. The van der Waals surface area contributed by atoms with Gasteiger partial charge in [0.2, 0.25) is 5.91 Å². The SMILES string of the molecule is C#CCOc1ccc(C2=[C-]CCC(=O)N2CC(F)F)c(C)c1.[Y]. The molecule has 0 N–H and O–H groups in total. The van der Waals surface area contributed by atoms with Gasteiger partial charge in [-0.2, -0.15) is 0 Å². The summed E-state index contributed by atoms with van der Waals surface area (Å²) in [6.45, 7) is 1.37. The molecule has 0 aromatic heterocycles. The van der Waals surface area contributed by atoms with Crippen molar-refractivity contribution in [2.24, 2.45) is 0 Å². The van der Waals surface area contributed by atoms with Crippen LogP contribution in [0.4, 0.5) is 8.78 Å². The zero-order valence-corrected chi connectivity index (χ0v) is 15.7. The van der Waals surface area contributed by atoms with Crippen LogP contribution in [0.25, 0.3) is 5.70 Å². The maximum Gasteiger partial charge on any atom is 0.256 e. The third-order valence-electron chi connectivity index (χ3n) is 3.30. The second kappa shape index (κ2) is 9.15. The van der Waals surface area contributed by atoms with E-state index in [0.29, 0.717) is 23.4 Å². The fourth-order valence-electron chi connectivity index (χ4n) is 2.33. The Morgan fingerprint density at radius 2 is 2.22 bits per heavy atom. The number of rotatable bonds is 5. The Labute approximate surface area is 159 Å². The maximum atomic E-state index is 12.7. The number of carbonyl (C=O) groups is 1. The van der Waals surface area contributed by atoms with E-state index in [4.69, 9.17) is 11.2 Å². The summed E-state index contributed by atoms with van der Waals surface area (Å²) in [4.78, 5) is 13.0. The molecule has 0 atom stereocenters. The molecule has 1 aliphatic heterocycles. The van der Waals surface area contributed by atoms with Gasteiger partial charge >= 0.3 is 0 Å². The second-order valence-electron chi connectivity index (χ2n) is 4.89. The van der Waals surface area contributed by atoms with E-state index in [2.05, 4.69) is 12.0 Å². The van der Waals surface area contributed by atoms with Crippen molar-refractivity contribution in [1.82, 2.24) is 4.90 Å². The van der Waals surface area contributed by atoms with E-state index in [0.717, 1.165) is 10.5 Å². The first-order chi connectivity index (χ1) is 10.5. The Balaban J connectivity index is 0.00000264. The summed E-state index contributed by atoms with van der Waals surface area (Å²) in [7, 11) is 0. The number of amides is 1. The third-order valence-corrected chi connectivity index (χ3v) is 3.30. The molecule has 0 saturated heterocycles. The zero-order chi connectivity index (χ0) is 16.1. The van der Waals surface area contributed by atoms with Crippen LogP contribution in [0.5, 0.6) is 5.75 Å². The molecule has 2 rings (SSSR count). The van der Waals surface area contributed by atoms with Gasteiger partial charge in [0.05, 0.1) is 6.54 Å². The first-order valence-electron chi connectivity index (χ1n) is 6.89. The normalized spacial score (nSPS) is 14.1. The summed E-state index contributed by atoms with van der Waals surface area (Å²) in [6.07, 6.45) is 6.23. The van der Waals surface area contributed by atoms with Gasteiger partial charge in [-0.3, -0.25) is 4.79 Å². The van der Waals surface area contributed by atoms with Crippen LogP contribution in [0.1, 0.15) is 24.0 Å². The van der Waals surface area contributed by atoms with Crippen LogP contribution in [-0.4, -0.2) is 30.4 Å². The summed E-state index contributed by atoms with van der Waals surface area (Å²) in [5.74, 6) is 2.67. The molecule has 1 radical (unpaired) electrons. The van der Waals surface area contributed by atoms with Gasteiger partial charge in [-0.1, -0.05) is 12.8 Å². The first-order valence-corrected chi connectivity index (χ1v) is 6.89. The number of ether oxygens (including phenoxy) is 1. The standard InChI is InChI=1S/C17H16F2NO2.Y/c1-3-9-22-13-7-8-14(12(2)10-13)15-5-4-6-17(21)20(15)11-16(18)19;/h1,7-8,10,16H,4,6,9,11H2,2H3;/q-1;. The molecule has 1 amide bonds. The van der Waals surface area contributed by atoms with Crippen molar-refractivity contribution < 1.29 is 51.0 Å². The Bertz CT molecular complexity index is 638. The van der Waals surface area contributed by atoms with Crippen LogP contribution in [0, 0.1) is 25.3 Å². The van der Waals surface area contributed by atoms with Gasteiger partial charge in [-0.25, -0.2) is 14.9 Å². The molecular weight excluding hydrogens is 377 g/mol. The van der Waals surface area contributed by atoms with Crippen LogP contribution >= 0.6 is 0 Å². The molecule has 0 saturated carbocycles. The molecule has 0 fully saturated rings. The van der Waals surface area contributed by atoms with Gasteiger partial charge in [-0.15, -0.1) is 35.7 Å². The molecule has 0 bridgehead atoms. The fraction of sp³-hybridized carbons (Fsp3) is 0.353. The largest absolute Gasteiger partial charge is 0.481 e. The average Bonchev–Trinajstić information content (AvgIpc) is 2.47. The number of hydrogen-bond donors (Lipinski definition) is 0. The van der Waals surface area contributed by atoms with Crippen molar-refractivity contribution in [3.05, 3.63) is 35.4 Å². The van der Waals surface area contributed by atoms with E-state index in [1.165, 1.54) is 0 Å². The van der Waals surface area contributed by atoms with E-state index in [-0.39, 0.29) is 51.6 Å². The van der Waals surface area contributed by atoms with Crippen LogP contribution in [-0.2, 0) is 37.5 Å². The molecule has 1 aromatic carbocycles. The maximum absolute atomic E-state index is 12.7. The molecule has 1 heterocycles. The predicted molar refractivity (Wildman–Crippen MR) is 79.1 cm³/mol. The van der Waals surface area contributed by atoms with Crippen LogP contribution < -0.4 is 4.74 Å². The van der Waals surface area contributed by atoms with Gasteiger partial charge in [-0.05, 0) is 12.1 Å².